The van der Waals surface area contributed by atoms with Crippen LogP contribution in [0.4, 0.5) is 3.89 Å². The van der Waals surface area contributed by atoms with Crippen LogP contribution in [0.1, 0.15) is 43.9 Å². The number of halogens is 1. The molecule has 26 heavy (non-hydrogen) atoms. The standard InChI is InChI=1S/C20H27FN2O2S/c1-4-22(5-2)20(24)14-8-6-9-15-18(14)19-16(23(15)12-13-26-21)10-7-11-17(19)25-3/h7,10-11,14H,4-6,8-9,12-13H2,1-3H3. The molecule has 0 saturated carbocycles. The molecule has 0 radical (unpaired) electrons. The average molecular weight is 379 g/mol. The van der Waals surface area contributed by atoms with Crippen LogP contribution in [0.2, 0.25) is 0 Å². The fourth-order valence-corrected chi connectivity index (χ4v) is 4.52. The summed E-state index contributed by atoms with van der Waals surface area (Å²) in [6.45, 7) is 6.08. The topological polar surface area (TPSA) is 34.5 Å². The lowest BCUT2D eigenvalue weighted by molar-refractivity contribution is -0.132. The average Bonchev–Trinajstić information content (AvgIpc) is 3.01. The summed E-state index contributed by atoms with van der Waals surface area (Å²) in [5, 5.41) is 1.03. The van der Waals surface area contributed by atoms with Gasteiger partial charge < -0.3 is 14.2 Å². The zero-order chi connectivity index (χ0) is 18.7. The summed E-state index contributed by atoms with van der Waals surface area (Å²) in [5.74, 6) is 1.25. The van der Waals surface area contributed by atoms with Crippen molar-refractivity contribution >= 4 is 29.0 Å². The molecule has 142 valence electrons. The van der Waals surface area contributed by atoms with Crippen molar-refractivity contribution < 1.29 is 13.4 Å². The molecular formula is C20H27FN2O2S. The lowest BCUT2D eigenvalue weighted by Gasteiger charge is -2.29. The van der Waals surface area contributed by atoms with Gasteiger partial charge in [0.2, 0.25) is 5.91 Å². The van der Waals surface area contributed by atoms with Crippen LogP contribution in [-0.4, -0.2) is 41.3 Å². The molecule has 0 fully saturated rings. The molecule has 0 aliphatic heterocycles. The number of methoxy groups -OCH3 is 1. The molecule has 0 spiro atoms. The van der Waals surface area contributed by atoms with Crippen LogP contribution in [0, 0.1) is 0 Å². The van der Waals surface area contributed by atoms with E-state index in [9.17, 15) is 8.68 Å². The summed E-state index contributed by atoms with van der Waals surface area (Å²) in [7, 11) is 1.67. The van der Waals surface area contributed by atoms with Crippen LogP contribution in [0.15, 0.2) is 18.2 Å². The fraction of sp³-hybridized carbons (Fsp3) is 0.550. The molecule has 2 aromatic rings. The molecule has 4 nitrogen and oxygen atoms in total. The highest BCUT2D eigenvalue weighted by Crippen LogP contribution is 2.43. The van der Waals surface area contributed by atoms with Crippen LogP contribution in [0.3, 0.4) is 0 Å². The number of hydrogen-bond donors (Lipinski definition) is 0. The number of nitrogens with zero attached hydrogens (tertiary/aromatic N) is 2. The Morgan fingerprint density at radius 1 is 1.38 bits per heavy atom. The van der Waals surface area contributed by atoms with E-state index in [4.69, 9.17) is 4.74 Å². The lowest BCUT2D eigenvalue weighted by Crippen LogP contribution is -2.36. The number of aromatic nitrogens is 1. The third-order valence-corrected chi connectivity index (χ3v) is 5.78. The summed E-state index contributed by atoms with van der Waals surface area (Å²) >= 11 is 0.361. The van der Waals surface area contributed by atoms with Crippen molar-refractivity contribution in [3.63, 3.8) is 0 Å². The Bertz CT molecular complexity index is 786. The first-order valence-corrected chi connectivity index (χ1v) is 10.3. The second-order valence-corrected chi connectivity index (χ2v) is 7.26. The van der Waals surface area contributed by atoms with Crippen LogP contribution in [0.25, 0.3) is 10.9 Å². The number of likely N-dealkylation sites (N-methyl/N-ethyl adjacent to an activating group) is 1. The Labute approximate surface area is 159 Å². The van der Waals surface area contributed by atoms with Gasteiger partial charge in [0.05, 0.1) is 18.5 Å². The zero-order valence-corrected chi connectivity index (χ0v) is 16.6. The molecule has 1 amide bonds. The number of fused-ring (bicyclic) bond motifs is 3. The number of carbonyl (C=O) groups excluding carboxylic acids is 1. The molecular weight excluding hydrogens is 351 g/mol. The predicted molar refractivity (Wildman–Crippen MR) is 106 cm³/mol. The van der Waals surface area contributed by atoms with Crippen LogP contribution in [0.5, 0.6) is 5.75 Å². The summed E-state index contributed by atoms with van der Waals surface area (Å²) in [4.78, 5) is 15.1. The van der Waals surface area contributed by atoms with Crippen molar-refractivity contribution in [3.8, 4) is 5.75 Å². The minimum absolute atomic E-state index is 0.142. The van der Waals surface area contributed by atoms with Gasteiger partial charge >= 0.3 is 0 Å². The smallest absolute Gasteiger partial charge is 0.230 e. The van der Waals surface area contributed by atoms with E-state index in [2.05, 4.69) is 10.6 Å². The minimum Gasteiger partial charge on any atom is -0.496 e. The number of benzene rings is 1. The first-order chi connectivity index (χ1) is 12.7. The van der Waals surface area contributed by atoms with Gasteiger partial charge in [-0.1, -0.05) is 6.07 Å². The highest BCUT2D eigenvalue weighted by atomic mass is 32.2. The second kappa shape index (κ2) is 8.33. The van der Waals surface area contributed by atoms with Gasteiger partial charge in [0.15, 0.2) is 0 Å². The van der Waals surface area contributed by atoms with E-state index >= 15 is 0 Å². The molecule has 1 heterocycles. The van der Waals surface area contributed by atoms with E-state index in [1.54, 1.807) is 7.11 Å². The van der Waals surface area contributed by atoms with Gasteiger partial charge in [-0.3, -0.25) is 4.79 Å². The largest absolute Gasteiger partial charge is 0.496 e. The van der Waals surface area contributed by atoms with E-state index < -0.39 is 0 Å². The Morgan fingerprint density at radius 2 is 2.15 bits per heavy atom. The van der Waals surface area contributed by atoms with Crippen molar-refractivity contribution in [3.05, 3.63) is 29.5 Å². The maximum absolute atomic E-state index is 13.2. The molecule has 1 unspecified atom stereocenters. The number of ether oxygens (including phenoxy) is 1. The van der Waals surface area contributed by atoms with E-state index in [-0.39, 0.29) is 11.8 Å². The van der Waals surface area contributed by atoms with Crippen molar-refractivity contribution in [2.24, 2.45) is 0 Å². The Hall–Kier alpha value is -1.69. The van der Waals surface area contributed by atoms with Gasteiger partial charge in [-0.05, 0) is 50.8 Å². The van der Waals surface area contributed by atoms with Gasteiger partial charge in [-0.25, -0.2) is 0 Å². The fourth-order valence-electron chi connectivity index (χ4n) is 4.27. The Kier molecular flexibility index (Phi) is 6.12. The first kappa shape index (κ1) is 19.1. The normalized spacial score (nSPS) is 16.5. The molecule has 1 atom stereocenters. The number of rotatable bonds is 7. The van der Waals surface area contributed by atoms with E-state index in [1.807, 2.05) is 30.9 Å². The maximum atomic E-state index is 13.2. The molecule has 0 N–H and O–H groups in total. The quantitative estimate of drug-likeness (QED) is 0.709. The van der Waals surface area contributed by atoms with Crippen LogP contribution in [-0.2, 0) is 17.8 Å². The minimum atomic E-state index is -0.142. The Morgan fingerprint density at radius 3 is 2.81 bits per heavy atom. The van der Waals surface area contributed by atoms with Gasteiger partial charge in [0.1, 0.15) is 5.75 Å². The van der Waals surface area contributed by atoms with Crippen molar-refractivity contribution in [1.29, 1.82) is 0 Å². The second-order valence-electron chi connectivity index (χ2n) is 6.63. The first-order valence-electron chi connectivity index (χ1n) is 9.38. The lowest BCUT2D eigenvalue weighted by atomic mass is 9.84. The van der Waals surface area contributed by atoms with Crippen LogP contribution >= 0.6 is 12.1 Å². The summed E-state index contributed by atoms with van der Waals surface area (Å²) < 4.78 is 20.6. The third kappa shape index (κ3) is 3.20. The molecule has 1 aromatic heterocycles. The molecule has 6 heteroatoms. The summed E-state index contributed by atoms with van der Waals surface area (Å²) in [6.07, 6.45) is 2.76. The summed E-state index contributed by atoms with van der Waals surface area (Å²) in [5.41, 5.74) is 3.32. The van der Waals surface area contributed by atoms with Crippen molar-refractivity contribution in [2.45, 2.75) is 45.6 Å². The molecule has 1 aliphatic rings. The number of hydrogen-bond acceptors (Lipinski definition) is 3. The summed E-state index contributed by atoms with van der Waals surface area (Å²) in [6, 6.07) is 5.97. The number of carbonyl (C=O) groups is 1. The molecule has 1 aliphatic carbocycles. The van der Waals surface area contributed by atoms with Crippen molar-refractivity contribution in [1.82, 2.24) is 9.47 Å². The van der Waals surface area contributed by atoms with Gasteiger partial charge in [-0.2, -0.15) is 3.89 Å². The highest BCUT2D eigenvalue weighted by Gasteiger charge is 2.34. The van der Waals surface area contributed by atoms with Gasteiger partial charge in [0, 0.05) is 48.6 Å². The molecule has 0 bridgehead atoms. The highest BCUT2D eigenvalue weighted by molar-refractivity contribution is 7.94. The third-order valence-electron chi connectivity index (χ3n) is 5.44. The SMILES string of the molecule is CCN(CC)C(=O)C1CCCc2c1c1c(OC)cccc1n2CCSF. The maximum Gasteiger partial charge on any atom is 0.230 e. The predicted octanol–water partition coefficient (Wildman–Crippen LogP) is 4.56. The van der Waals surface area contributed by atoms with E-state index in [0.29, 0.717) is 24.4 Å². The van der Waals surface area contributed by atoms with E-state index in [0.717, 1.165) is 54.6 Å². The number of aryl methyl sites for hydroxylation is 1. The molecule has 0 saturated heterocycles. The van der Waals surface area contributed by atoms with Gasteiger partial charge in [0.25, 0.3) is 0 Å². The van der Waals surface area contributed by atoms with Crippen LogP contribution < -0.4 is 4.74 Å². The van der Waals surface area contributed by atoms with E-state index in [1.165, 1.54) is 5.69 Å². The van der Waals surface area contributed by atoms with Crippen molar-refractivity contribution in [2.75, 3.05) is 26.0 Å². The zero-order valence-electron chi connectivity index (χ0n) is 15.8. The number of amides is 1. The molecule has 1 aromatic carbocycles. The van der Waals surface area contributed by atoms with Gasteiger partial charge in [-0.15, -0.1) is 0 Å². The molecule has 3 rings (SSSR count). The Balaban J connectivity index is 2.20. The monoisotopic (exact) mass is 378 g/mol.